The monoisotopic (exact) mass is 453 g/mol. The molecule has 3 aromatic carbocycles. The van der Waals surface area contributed by atoms with Crippen molar-refractivity contribution in [2.75, 3.05) is 19.5 Å². The molecule has 0 atom stereocenters. The van der Waals surface area contributed by atoms with E-state index in [1.165, 1.54) is 32.3 Å². The second-order valence-corrected chi connectivity index (χ2v) is 10.3. The average Bonchev–Trinajstić information content (AvgIpc) is 3.08. The van der Waals surface area contributed by atoms with Gasteiger partial charge in [0.2, 0.25) is 0 Å². The summed E-state index contributed by atoms with van der Waals surface area (Å²) >= 11 is 1.77. The number of aromatic nitrogens is 1. The van der Waals surface area contributed by atoms with E-state index in [1.54, 1.807) is 11.8 Å². The molecule has 1 heterocycles. The molecule has 0 fully saturated rings. The maximum Gasteiger partial charge on any atom is 0.335 e. The van der Waals surface area contributed by atoms with Crippen LogP contribution in [0.25, 0.3) is 21.8 Å². The maximum atomic E-state index is 12.8. The maximum absolute atomic E-state index is 12.8. The first-order chi connectivity index (χ1) is 15.1. The Bertz CT molecular complexity index is 1220. The number of fused-ring (bicyclic) bond motifs is 3. The van der Waals surface area contributed by atoms with Crippen LogP contribution in [0.2, 0.25) is 0 Å². The van der Waals surface area contributed by atoms with Crippen LogP contribution >= 0.6 is 19.4 Å². The van der Waals surface area contributed by atoms with E-state index < -0.39 is 7.60 Å². The first kappa shape index (κ1) is 22.2. The van der Waals surface area contributed by atoms with Gasteiger partial charge in [0, 0.05) is 33.2 Å². The lowest BCUT2D eigenvalue weighted by molar-refractivity contribution is 0.219. The van der Waals surface area contributed by atoms with E-state index >= 15 is 0 Å². The van der Waals surface area contributed by atoms with Crippen LogP contribution in [-0.4, -0.2) is 24.0 Å². The van der Waals surface area contributed by atoms with Crippen molar-refractivity contribution in [3.8, 4) is 0 Å². The summed E-state index contributed by atoms with van der Waals surface area (Å²) in [6.07, 6.45) is 2.40. The van der Waals surface area contributed by atoms with Crippen LogP contribution in [0.15, 0.2) is 71.6 Å². The summed E-state index contributed by atoms with van der Waals surface area (Å²) in [5, 5.41) is 2.56. The lowest BCUT2D eigenvalue weighted by Gasteiger charge is -2.17. The van der Waals surface area contributed by atoms with E-state index in [9.17, 15) is 4.57 Å². The van der Waals surface area contributed by atoms with Gasteiger partial charge in [-0.05, 0) is 55.5 Å². The van der Waals surface area contributed by atoms with Crippen molar-refractivity contribution >= 4 is 41.2 Å². The minimum atomic E-state index is -3.09. The number of thioether (sulfide) groups is 1. The fraction of sp³-hybridized carbons (Fsp3) is 0.280. The molecule has 0 bridgehead atoms. The number of nitrogens with zero attached hydrogens (tertiary/aromatic N) is 1. The molecule has 4 nitrogen and oxygen atoms in total. The lowest BCUT2D eigenvalue weighted by atomic mass is 10.1. The van der Waals surface area contributed by atoms with Gasteiger partial charge in [0.15, 0.2) is 0 Å². The highest BCUT2D eigenvalue weighted by Gasteiger charge is 2.24. The Labute approximate surface area is 188 Å². The highest BCUT2D eigenvalue weighted by Crippen LogP contribution is 2.51. The second kappa shape index (κ2) is 9.62. The topological polar surface area (TPSA) is 40.5 Å². The van der Waals surface area contributed by atoms with Crippen LogP contribution in [0.1, 0.15) is 25.0 Å². The van der Waals surface area contributed by atoms with Gasteiger partial charge in [-0.25, -0.2) is 0 Å². The number of hydrogen-bond donors (Lipinski definition) is 0. The highest BCUT2D eigenvalue weighted by molar-refractivity contribution is 7.98. The molecule has 0 saturated carbocycles. The fourth-order valence-electron chi connectivity index (χ4n) is 4.01. The van der Waals surface area contributed by atoms with Crippen molar-refractivity contribution in [3.05, 3.63) is 77.9 Å². The molecular weight excluding hydrogens is 425 g/mol. The summed E-state index contributed by atoms with van der Waals surface area (Å²) in [5.74, 6) is 0. The molecule has 0 unspecified atom stereocenters. The third kappa shape index (κ3) is 4.75. The Morgan fingerprint density at radius 1 is 0.839 bits per heavy atom. The first-order valence-corrected chi connectivity index (χ1v) is 13.5. The first-order valence-electron chi connectivity index (χ1n) is 10.6. The van der Waals surface area contributed by atoms with E-state index in [0.717, 1.165) is 12.1 Å². The van der Waals surface area contributed by atoms with E-state index in [2.05, 4.69) is 65.4 Å². The van der Waals surface area contributed by atoms with Crippen molar-refractivity contribution < 1.29 is 13.6 Å². The van der Waals surface area contributed by atoms with Gasteiger partial charge < -0.3 is 13.6 Å². The molecule has 31 heavy (non-hydrogen) atoms. The molecule has 0 saturated heterocycles. The third-order valence-corrected chi connectivity index (χ3v) is 8.15. The van der Waals surface area contributed by atoms with Gasteiger partial charge in [-0.3, -0.25) is 4.57 Å². The van der Waals surface area contributed by atoms with Crippen molar-refractivity contribution in [2.45, 2.75) is 31.4 Å². The summed E-state index contributed by atoms with van der Waals surface area (Å²) in [5.41, 5.74) is 4.63. The van der Waals surface area contributed by atoms with Crippen molar-refractivity contribution in [3.63, 3.8) is 0 Å². The largest absolute Gasteiger partial charge is 0.336 e. The van der Waals surface area contributed by atoms with Crippen LogP contribution in [0.3, 0.4) is 0 Å². The van der Waals surface area contributed by atoms with Gasteiger partial charge in [-0.15, -0.1) is 11.8 Å². The Kier molecular flexibility index (Phi) is 6.88. The molecule has 6 heteroatoms. The zero-order chi connectivity index (χ0) is 21.8. The zero-order valence-corrected chi connectivity index (χ0v) is 19.9. The van der Waals surface area contributed by atoms with Crippen LogP contribution in [-0.2, 0) is 26.3 Å². The number of rotatable bonds is 9. The SMILES string of the molecule is CCOP(=O)(Cc1ccc(Cn2c3ccccc3c3cc(SC)ccc32)cc1)OCC. The van der Waals surface area contributed by atoms with Crippen molar-refractivity contribution in [2.24, 2.45) is 0 Å². The van der Waals surface area contributed by atoms with Gasteiger partial charge >= 0.3 is 7.60 Å². The van der Waals surface area contributed by atoms with Crippen LogP contribution in [0.5, 0.6) is 0 Å². The zero-order valence-electron chi connectivity index (χ0n) is 18.2. The quantitative estimate of drug-likeness (QED) is 0.196. The molecule has 0 aliphatic carbocycles. The highest BCUT2D eigenvalue weighted by atomic mass is 32.2. The average molecular weight is 454 g/mol. The Hall–Kier alpha value is -2.04. The Balaban J connectivity index is 1.64. The summed E-state index contributed by atoms with van der Waals surface area (Å²) in [7, 11) is -3.09. The third-order valence-electron chi connectivity index (χ3n) is 5.37. The molecule has 1 aromatic heterocycles. The molecule has 4 rings (SSSR count). The summed E-state index contributed by atoms with van der Waals surface area (Å²) in [4.78, 5) is 1.27. The molecule has 0 amide bonds. The van der Waals surface area contributed by atoms with E-state index in [0.29, 0.717) is 19.4 Å². The van der Waals surface area contributed by atoms with Gasteiger partial charge in [-0.1, -0.05) is 42.5 Å². The fourth-order valence-corrected chi connectivity index (χ4v) is 6.15. The Morgan fingerprint density at radius 2 is 1.48 bits per heavy atom. The summed E-state index contributed by atoms with van der Waals surface area (Å²) < 4.78 is 26.1. The molecule has 0 spiro atoms. The van der Waals surface area contributed by atoms with Crippen LogP contribution in [0, 0.1) is 0 Å². The van der Waals surface area contributed by atoms with Gasteiger partial charge in [-0.2, -0.15) is 0 Å². The van der Waals surface area contributed by atoms with Crippen molar-refractivity contribution in [1.29, 1.82) is 0 Å². The standard InChI is InChI=1S/C25H28NO3PS/c1-4-28-30(27,29-5-2)18-20-12-10-19(11-13-20)17-26-24-9-7-6-8-22(24)23-16-21(31-3)14-15-25(23)26/h6-16H,4-5,17-18H2,1-3H3. The molecule has 162 valence electrons. The number of para-hydroxylation sites is 1. The molecule has 0 radical (unpaired) electrons. The second-order valence-electron chi connectivity index (χ2n) is 7.41. The van der Waals surface area contributed by atoms with Gasteiger partial charge in [0.25, 0.3) is 0 Å². The van der Waals surface area contributed by atoms with Gasteiger partial charge in [0.1, 0.15) is 0 Å². The summed E-state index contributed by atoms with van der Waals surface area (Å²) in [6.45, 7) is 5.20. The summed E-state index contributed by atoms with van der Waals surface area (Å²) in [6, 6.07) is 23.5. The van der Waals surface area contributed by atoms with Gasteiger partial charge in [0.05, 0.1) is 19.4 Å². The molecule has 0 aliphatic heterocycles. The molecular formula is C25H28NO3PS. The predicted molar refractivity (Wildman–Crippen MR) is 131 cm³/mol. The minimum Gasteiger partial charge on any atom is -0.336 e. The molecule has 4 aromatic rings. The van der Waals surface area contributed by atoms with Crippen LogP contribution < -0.4 is 0 Å². The molecule has 0 aliphatic rings. The minimum absolute atomic E-state index is 0.293. The van der Waals surface area contributed by atoms with Crippen molar-refractivity contribution in [1.82, 2.24) is 4.57 Å². The van der Waals surface area contributed by atoms with E-state index in [1.807, 2.05) is 26.0 Å². The number of hydrogen-bond acceptors (Lipinski definition) is 4. The smallest absolute Gasteiger partial charge is 0.335 e. The predicted octanol–water partition coefficient (Wildman–Crippen LogP) is 7.33. The molecule has 0 N–H and O–H groups in total. The van der Waals surface area contributed by atoms with E-state index in [-0.39, 0.29) is 0 Å². The van der Waals surface area contributed by atoms with E-state index in [4.69, 9.17) is 9.05 Å². The Morgan fingerprint density at radius 3 is 2.16 bits per heavy atom. The number of benzene rings is 3. The normalized spacial score (nSPS) is 12.1. The van der Waals surface area contributed by atoms with Crippen LogP contribution in [0.4, 0.5) is 0 Å². The lowest BCUT2D eigenvalue weighted by Crippen LogP contribution is -2.01.